The summed E-state index contributed by atoms with van der Waals surface area (Å²) in [4.78, 5) is 24.4. The number of rotatable bonds is 3. The molecule has 1 fully saturated rings. The van der Waals surface area contributed by atoms with Gasteiger partial charge in [-0.2, -0.15) is 12.6 Å². The third-order valence-corrected chi connectivity index (χ3v) is 3.14. The number of carbonyl (C=O) groups excluding carboxylic acids is 1. The van der Waals surface area contributed by atoms with E-state index in [1.54, 1.807) is 24.3 Å². The van der Waals surface area contributed by atoms with Crippen molar-refractivity contribution in [1.29, 1.82) is 0 Å². The lowest BCUT2D eigenvalue weighted by atomic mass is 10.1. The van der Waals surface area contributed by atoms with E-state index in [2.05, 4.69) is 12.6 Å². The van der Waals surface area contributed by atoms with Gasteiger partial charge in [0.25, 0.3) is 0 Å². The number of thiol groups is 1. The summed E-state index contributed by atoms with van der Waals surface area (Å²) in [6.07, 6.45) is 0.305. The van der Waals surface area contributed by atoms with Crippen LogP contribution in [0.1, 0.15) is 18.0 Å². The third-order valence-electron chi connectivity index (χ3n) is 2.80. The molecule has 0 radical (unpaired) electrons. The number of aliphatic carboxylic acids is 1. The van der Waals surface area contributed by atoms with Crippen molar-refractivity contribution in [1.82, 2.24) is 4.90 Å². The summed E-state index contributed by atoms with van der Waals surface area (Å²) in [6, 6.07) is 7.89. The first-order valence-corrected chi connectivity index (χ1v) is 5.86. The number of carbonyl (C=O) groups is 2. The Hall–Kier alpha value is -1.49. The largest absolute Gasteiger partial charge is 0.479 e. The van der Waals surface area contributed by atoms with E-state index >= 15 is 0 Å². The highest BCUT2D eigenvalue weighted by molar-refractivity contribution is 7.81. The maximum Gasteiger partial charge on any atom is 0.331 e. The lowest BCUT2D eigenvalue weighted by Crippen LogP contribution is -2.35. The first-order valence-electron chi connectivity index (χ1n) is 5.35. The normalized spacial score (nSPS) is 21.6. The summed E-state index contributed by atoms with van der Waals surface area (Å²) >= 11 is 4.23. The molecule has 1 aromatic carbocycles. The van der Waals surface area contributed by atoms with E-state index in [0.29, 0.717) is 18.5 Å². The van der Waals surface area contributed by atoms with Crippen LogP contribution in [-0.4, -0.2) is 33.7 Å². The summed E-state index contributed by atoms with van der Waals surface area (Å²) in [5.74, 6) is -1.16. The Kier molecular flexibility index (Phi) is 3.38. The Balaban J connectivity index is 2.31. The number of hydrogen-bond donors (Lipinski definition) is 2. The highest BCUT2D eigenvalue weighted by Gasteiger charge is 2.37. The maximum atomic E-state index is 11.7. The van der Waals surface area contributed by atoms with Gasteiger partial charge in [-0.05, 0) is 5.56 Å². The predicted octanol–water partition coefficient (Wildman–Crippen LogP) is 1.34. The van der Waals surface area contributed by atoms with Gasteiger partial charge in [-0.25, -0.2) is 4.79 Å². The minimum absolute atomic E-state index is 0.0759. The van der Waals surface area contributed by atoms with Crippen LogP contribution in [0.15, 0.2) is 30.3 Å². The highest BCUT2D eigenvalue weighted by atomic mass is 32.1. The second-order valence-electron chi connectivity index (χ2n) is 4.06. The van der Waals surface area contributed by atoms with Gasteiger partial charge in [-0.1, -0.05) is 30.3 Å². The number of benzene rings is 1. The molecule has 4 nitrogen and oxygen atoms in total. The highest BCUT2D eigenvalue weighted by Crippen LogP contribution is 2.28. The number of likely N-dealkylation sites (tertiary alicyclic amines) is 1. The minimum Gasteiger partial charge on any atom is -0.479 e. The Morgan fingerprint density at radius 1 is 1.41 bits per heavy atom. The van der Waals surface area contributed by atoms with E-state index in [9.17, 15) is 14.7 Å². The maximum absolute atomic E-state index is 11.7. The molecule has 1 saturated heterocycles. The van der Waals surface area contributed by atoms with Gasteiger partial charge in [0.1, 0.15) is 0 Å². The molecule has 1 amide bonds. The Morgan fingerprint density at radius 2 is 2.06 bits per heavy atom. The number of carboxylic acid groups (broad SMARTS) is 1. The van der Waals surface area contributed by atoms with E-state index in [0.717, 1.165) is 0 Å². The summed E-state index contributed by atoms with van der Waals surface area (Å²) in [6.45, 7) is 0.383. The van der Waals surface area contributed by atoms with Crippen LogP contribution in [0.25, 0.3) is 0 Å². The van der Waals surface area contributed by atoms with Crippen molar-refractivity contribution in [2.24, 2.45) is 0 Å². The zero-order valence-corrected chi connectivity index (χ0v) is 10.0. The Bertz CT molecular complexity index is 435. The van der Waals surface area contributed by atoms with Gasteiger partial charge >= 0.3 is 5.97 Å². The summed E-state index contributed by atoms with van der Waals surface area (Å²) in [7, 11) is 0. The van der Waals surface area contributed by atoms with Crippen molar-refractivity contribution in [3.8, 4) is 0 Å². The second-order valence-corrected chi connectivity index (χ2v) is 4.79. The molecule has 2 atom stereocenters. The topological polar surface area (TPSA) is 57.6 Å². The van der Waals surface area contributed by atoms with Gasteiger partial charge in [0.2, 0.25) is 5.91 Å². The van der Waals surface area contributed by atoms with Crippen molar-refractivity contribution in [3.63, 3.8) is 0 Å². The van der Waals surface area contributed by atoms with E-state index < -0.39 is 12.0 Å². The molecule has 0 saturated carbocycles. The average Bonchev–Trinajstić information content (AvgIpc) is 2.59. The molecule has 0 aromatic heterocycles. The van der Waals surface area contributed by atoms with Crippen LogP contribution in [0, 0.1) is 0 Å². The molecule has 17 heavy (non-hydrogen) atoms. The monoisotopic (exact) mass is 251 g/mol. The van der Waals surface area contributed by atoms with E-state index in [-0.39, 0.29) is 11.2 Å². The summed E-state index contributed by atoms with van der Waals surface area (Å²) in [5, 5.41) is 9.20. The molecule has 90 valence electrons. The van der Waals surface area contributed by atoms with Crippen molar-refractivity contribution in [2.45, 2.75) is 17.7 Å². The molecule has 1 aliphatic heterocycles. The average molecular weight is 251 g/mol. The van der Waals surface area contributed by atoms with Gasteiger partial charge < -0.3 is 10.0 Å². The minimum atomic E-state index is -1.01. The molecule has 1 aliphatic rings. The van der Waals surface area contributed by atoms with Crippen LogP contribution in [-0.2, 0) is 9.59 Å². The molecule has 2 rings (SSSR count). The molecule has 1 heterocycles. The van der Waals surface area contributed by atoms with Crippen LogP contribution in [0.5, 0.6) is 0 Å². The second kappa shape index (κ2) is 4.79. The van der Waals surface area contributed by atoms with Gasteiger partial charge in [0, 0.05) is 18.2 Å². The molecule has 1 aromatic rings. The third kappa shape index (κ3) is 2.44. The molecule has 0 spiro atoms. The lowest BCUT2D eigenvalue weighted by molar-refractivity contribution is -0.148. The summed E-state index contributed by atoms with van der Waals surface area (Å²) < 4.78 is 0. The molecule has 0 aliphatic carbocycles. The quantitative estimate of drug-likeness (QED) is 0.797. The van der Waals surface area contributed by atoms with Gasteiger partial charge in [-0.15, -0.1) is 0 Å². The van der Waals surface area contributed by atoms with Gasteiger partial charge in [0.15, 0.2) is 6.04 Å². The number of carboxylic acids is 1. The molecular weight excluding hydrogens is 238 g/mol. The van der Waals surface area contributed by atoms with Gasteiger partial charge in [-0.3, -0.25) is 4.79 Å². The van der Waals surface area contributed by atoms with Crippen molar-refractivity contribution in [3.05, 3.63) is 35.9 Å². The van der Waals surface area contributed by atoms with E-state index in [1.807, 2.05) is 6.07 Å². The molecular formula is C12H13NO3S. The zero-order chi connectivity index (χ0) is 12.4. The van der Waals surface area contributed by atoms with Crippen molar-refractivity contribution in [2.75, 3.05) is 6.54 Å². The first kappa shape index (κ1) is 12.0. The number of nitrogens with zero attached hydrogens (tertiary/aromatic N) is 1. The fraction of sp³-hybridized carbons (Fsp3) is 0.333. The standard InChI is InChI=1S/C12H13NO3S/c14-10-6-9(17)7-13(10)11(12(15)16)8-4-2-1-3-5-8/h1-5,9,11,17H,6-7H2,(H,15,16)/t9?,11-/m1/s1. The molecule has 1 N–H and O–H groups in total. The molecule has 5 heteroatoms. The lowest BCUT2D eigenvalue weighted by Gasteiger charge is -2.24. The van der Waals surface area contributed by atoms with Crippen molar-refractivity contribution < 1.29 is 14.7 Å². The fourth-order valence-corrected chi connectivity index (χ4v) is 2.38. The fourth-order valence-electron chi connectivity index (χ4n) is 2.05. The SMILES string of the molecule is O=C(O)[C@@H](c1ccccc1)N1CC(S)CC1=O. The Labute approximate surface area is 105 Å². The molecule has 0 bridgehead atoms. The zero-order valence-electron chi connectivity index (χ0n) is 9.11. The van der Waals surface area contributed by atoms with E-state index in [1.165, 1.54) is 4.90 Å². The first-order chi connectivity index (χ1) is 8.09. The number of hydrogen-bond acceptors (Lipinski definition) is 3. The molecule has 1 unspecified atom stereocenters. The van der Waals surface area contributed by atoms with Crippen LogP contribution in [0.3, 0.4) is 0 Å². The smallest absolute Gasteiger partial charge is 0.331 e. The van der Waals surface area contributed by atoms with Gasteiger partial charge in [0.05, 0.1) is 0 Å². The van der Waals surface area contributed by atoms with Crippen LogP contribution in [0.4, 0.5) is 0 Å². The Morgan fingerprint density at radius 3 is 2.53 bits per heavy atom. The predicted molar refractivity (Wildman–Crippen MR) is 65.9 cm³/mol. The van der Waals surface area contributed by atoms with Crippen LogP contribution >= 0.6 is 12.6 Å². The van der Waals surface area contributed by atoms with Crippen molar-refractivity contribution >= 4 is 24.5 Å². The van der Waals surface area contributed by atoms with E-state index in [4.69, 9.17) is 0 Å². The number of amides is 1. The van der Waals surface area contributed by atoms with Crippen LogP contribution in [0.2, 0.25) is 0 Å². The van der Waals surface area contributed by atoms with Crippen LogP contribution < -0.4 is 0 Å². The summed E-state index contributed by atoms with van der Waals surface area (Å²) in [5.41, 5.74) is 0.621.